The van der Waals surface area contributed by atoms with Gasteiger partial charge in [0.05, 0.1) is 10.9 Å². The van der Waals surface area contributed by atoms with Crippen LogP contribution in [0.4, 0.5) is 10.1 Å². The van der Waals surface area contributed by atoms with Crippen molar-refractivity contribution in [1.29, 1.82) is 0 Å². The van der Waals surface area contributed by atoms with Gasteiger partial charge in [0.1, 0.15) is 17.7 Å². The number of nitrogens with one attached hydrogen (secondary N) is 3. The van der Waals surface area contributed by atoms with Crippen LogP contribution >= 0.6 is 0 Å². The van der Waals surface area contributed by atoms with Gasteiger partial charge in [0.15, 0.2) is 0 Å². The number of nitrogens with zero attached hydrogens (tertiary/aromatic N) is 2. The van der Waals surface area contributed by atoms with Crippen LogP contribution in [0.3, 0.4) is 0 Å². The summed E-state index contributed by atoms with van der Waals surface area (Å²) in [7, 11) is -2.26. The molecular weight excluding hydrogens is 449 g/mol. The van der Waals surface area contributed by atoms with Gasteiger partial charge in [-0.1, -0.05) is 12.1 Å². The first kappa shape index (κ1) is 24.1. The summed E-state index contributed by atoms with van der Waals surface area (Å²) in [6.07, 6.45) is 3.27. The first-order chi connectivity index (χ1) is 15.6. The van der Waals surface area contributed by atoms with Gasteiger partial charge >= 0.3 is 0 Å². The molecule has 1 unspecified atom stereocenters. The van der Waals surface area contributed by atoms with Crippen LogP contribution in [-0.2, 0) is 26.7 Å². The lowest BCUT2D eigenvalue weighted by Crippen LogP contribution is -2.46. The SMILES string of the molecule is CC(=O)Nc1ccc(S(=O)(=O)N[C@@H](C)C(=O)NC(c2ccc(F)cc2)c2nccn2C)cc1. The molecule has 174 valence electrons. The van der Waals surface area contributed by atoms with Gasteiger partial charge in [-0.3, -0.25) is 9.59 Å². The van der Waals surface area contributed by atoms with Gasteiger partial charge in [0.2, 0.25) is 21.8 Å². The van der Waals surface area contributed by atoms with E-state index in [1.165, 1.54) is 62.4 Å². The smallest absolute Gasteiger partial charge is 0.241 e. The first-order valence-corrected chi connectivity index (χ1v) is 11.5. The number of hydrogen-bond donors (Lipinski definition) is 3. The van der Waals surface area contributed by atoms with Gasteiger partial charge < -0.3 is 15.2 Å². The largest absolute Gasteiger partial charge is 0.341 e. The molecule has 0 aliphatic carbocycles. The van der Waals surface area contributed by atoms with Crippen LogP contribution in [0.1, 0.15) is 31.3 Å². The van der Waals surface area contributed by atoms with E-state index in [4.69, 9.17) is 0 Å². The standard InChI is InChI=1S/C22H24FN5O4S/c1-14(27-33(31,32)19-10-8-18(9-11-19)25-15(2)29)22(30)26-20(21-24-12-13-28(21)3)16-4-6-17(23)7-5-16/h4-14,20,27H,1-3H3,(H,25,29)(H,26,30)/t14-,20?/m0/s1. The number of amides is 2. The second-order valence-electron chi connectivity index (χ2n) is 7.44. The van der Waals surface area contributed by atoms with Crippen LogP contribution in [0, 0.1) is 5.82 Å². The van der Waals surface area contributed by atoms with Gasteiger partial charge in [0.25, 0.3) is 0 Å². The van der Waals surface area contributed by atoms with Crippen molar-refractivity contribution in [2.75, 3.05) is 5.32 Å². The van der Waals surface area contributed by atoms with Crippen molar-refractivity contribution in [1.82, 2.24) is 19.6 Å². The van der Waals surface area contributed by atoms with Gasteiger partial charge in [-0.2, -0.15) is 4.72 Å². The Balaban J connectivity index is 1.76. The topological polar surface area (TPSA) is 122 Å². The van der Waals surface area contributed by atoms with Crippen LogP contribution in [-0.4, -0.2) is 35.8 Å². The Morgan fingerprint density at radius 2 is 1.70 bits per heavy atom. The molecule has 0 bridgehead atoms. The van der Waals surface area contributed by atoms with Crippen LogP contribution in [0.5, 0.6) is 0 Å². The highest BCUT2D eigenvalue weighted by molar-refractivity contribution is 7.89. The Labute approximate surface area is 191 Å². The summed E-state index contributed by atoms with van der Waals surface area (Å²) in [5.74, 6) is -0.795. The monoisotopic (exact) mass is 473 g/mol. The number of rotatable bonds is 8. The summed E-state index contributed by atoms with van der Waals surface area (Å²) in [4.78, 5) is 28.2. The second kappa shape index (κ2) is 9.92. The van der Waals surface area contributed by atoms with Crippen molar-refractivity contribution in [2.24, 2.45) is 7.05 Å². The van der Waals surface area contributed by atoms with Crippen molar-refractivity contribution < 1.29 is 22.4 Å². The average Bonchev–Trinajstić information content (AvgIpc) is 3.17. The maximum atomic E-state index is 13.4. The molecule has 0 aliphatic heterocycles. The maximum Gasteiger partial charge on any atom is 0.241 e. The molecule has 1 heterocycles. The van der Waals surface area contributed by atoms with Crippen LogP contribution in [0.2, 0.25) is 0 Å². The molecule has 11 heteroatoms. The number of carbonyl (C=O) groups excluding carboxylic acids is 2. The third-order valence-corrected chi connectivity index (χ3v) is 6.37. The lowest BCUT2D eigenvalue weighted by Gasteiger charge is -2.22. The minimum atomic E-state index is -4.01. The molecule has 0 saturated heterocycles. The molecule has 9 nitrogen and oxygen atoms in total. The number of imidazole rings is 1. The van der Waals surface area contributed by atoms with E-state index >= 15 is 0 Å². The highest BCUT2D eigenvalue weighted by Crippen LogP contribution is 2.21. The van der Waals surface area contributed by atoms with E-state index in [0.29, 0.717) is 17.1 Å². The molecular formula is C22H24FN5O4S. The normalized spacial score (nSPS) is 13.2. The third-order valence-electron chi connectivity index (χ3n) is 4.82. The number of aromatic nitrogens is 2. The van der Waals surface area contributed by atoms with Crippen molar-refractivity contribution in [3.63, 3.8) is 0 Å². The van der Waals surface area contributed by atoms with Crippen LogP contribution < -0.4 is 15.4 Å². The summed E-state index contributed by atoms with van der Waals surface area (Å²) in [6.45, 7) is 2.76. The summed E-state index contributed by atoms with van der Waals surface area (Å²) >= 11 is 0. The predicted molar refractivity (Wildman–Crippen MR) is 120 cm³/mol. The van der Waals surface area contributed by atoms with Crippen LogP contribution in [0.15, 0.2) is 65.8 Å². The zero-order valence-corrected chi connectivity index (χ0v) is 19.1. The molecule has 0 saturated carbocycles. The highest BCUT2D eigenvalue weighted by atomic mass is 32.2. The Bertz CT molecular complexity index is 1240. The Hall–Kier alpha value is -3.57. The van der Waals surface area contributed by atoms with Crippen molar-refractivity contribution >= 4 is 27.5 Å². The summed E-state index contributed by atoms with van der Waals surface area (Å²) in [5.41, 5.74) is 1.03. The Morgan fingerprint density at radius 1 is 1.06 bits per heavy atom. The lowest BCUT2D eigenvalue weighted by atomic mass is 10.1. The molecule has 0 aliphatic rings. The number of sulfonamides is 1. The van der Waals surface area contributed by atoms with E-state index in [2.05, 4.69) is 20.3 Å². The number of hydrogen-bond acceptors (Lipinski definition) is 5. The summed E-state index contributed by atoms with van der Waals surface area (Å²) in [5, 5.41) is 5.33. The second-order valence-corrected chi connectivity index (χ2v) is 9.15. The third kappa shape index (κ3) is 6.02. The molecule has 3 N–H and O–H groups in total. The molecule has 0 radical (unpaired) electrons. The lowest BCUT2D eigenvalue weighted by molar-refractivity contribution is -0.123. The van der Waals surface area contributed by atoms with E-state index in [1.54, 1.807) is 24.0 Å². The van der Waals surface area contributed by atoms with Gasteiger partial charge in [-0.05, 0) is 48.9 Å². The zero-order valence-electron chi connectivity index (χ0n) is 18.2. The fourth-order valence-electron chi connectivity index (χ4n) is 3.15. The van der Waals surface area contributed by atoms with Crippen LogP contribution in [0.25, 0.3) is 0 Å². The van der Waals surface area contributed by atoms with E-state index in [9.17, 15) is 22.4 Å². The number of anilines is 1. The maximum absolute atomic E-state index is 13.4. The Kier molecular flexibility index (Phi) is 7.24. The number of benzene rings is 2. The minimum Gasteiger partial charge on any atom is -0.341 e. The summed E-state index contributed by atoms with van der Waals surface area (Å²) in [6, 6.07) is 9.32. The van der Waals surface area contributed by atoms with Gasteiger partial charge in [0, 0.05) is 32.1 Å². The molecule has 2 amide bonds. The molecule has 1 aromatic heterocycles. The zero-order chi connectivity index (χ0) is 24.2. The fourth-order valence-corrected chi connectivity index (χ4v) is 4.35. The molecule has 2 atom stereocenters. The summed E-state index contributed by atoms with van der Waals surface area (Å²) < 4.78 is 42.9. The highest BCUT2D eigenvalue weighted by Gasteiger charge is 2.26. The minimum absolute atomic E-state index is 0.0598. The number of halogens is 1. The average molecular weight is 474 g/mol. The van der Waals surface area contributed by atoms with E-state index < -0.39 is 33.8 Å². The quantitative estimate of drug-likeness (QED) is 0.462. The van der Waals surface area contributed by atoms with Gasteiger partial charge in [-0.25, -0.2) is 17.8 Å². The molecule has 0 fully saturated rings. The van der Waals surface area contributed by atoms with Gasteiger partial charge in [-0.15, -0.1) is 0 Å². The fraction of sp³-hybridized carbons (Fsp3) is 0.227. The van der Waals surface area contributed by atoms with Crippen molar-refractivity contribution in [3.05, 3.63) is 78.1 Å². The molecule has 3 aromatic rings. The molecule has 33 heavy (non-hydrogen) atoms. The first-order valence-electron chi connectivity index (χ1n) is 10.00. The predicted octanol–water partition coefficient (Wildman–Crippen LogP) is 2.09. The van der Waals surface area contributed by atoms with E-state index in [0.717, 1.165) is 0 Å². The number of carbonyl (C=O) groups is 2. The molecule has 2 aromatic carbocycles. The van der Waals surface area contributed by atoms with Crippen molar-refractivity contribution in [3.8, 4) is 0 Å². The van der Waals surface area contributed by atoms with E-state index in [-0.39, 0.29) is 10.8 Å². The number of aryl methyl sites for hydroxylation is 1. The van der Waals surface area contributed by atoms with E-state index in [1.807, 2.05) is 0 Å². The Morgan fingerprint density at radius 3 is 2.24 bits per heavy atom. The molecule has 3 rings (SSSR count). The van der Waals surface area contributed by atoms with Crippen molar-refractivity contribution in [2.45, 2.75) is 30.8 Å². The molecule has 0 spiro atoms.